The Labute approximate surface area is 207 Å². The molecule has 3 nitrogen and oxygen atoms in total. The highest BCUT2D eigenvalue weighted by Gasteiger charge is 2.25. The van der Waals surface area contributed by atoms with Crippen molar-refractivity contribution in [3.63, 3.8) is 0 Å². The molecule has 172 valence electrons. The van der Waals surface area contributed by atoms with Crippen LogP contribution in [0.3, 0.4) is 0 Å². The van der Waals surface area contributed by atoms with Gasteiger partial charge in [0.2, 0.25) is 0 Å². The molecule has 0 aromatic heterocycles. The zero-order valence-corrected chi connectivity index (χ0v) is 20.2. The minimum absolute atomic E-state index is 0.00721. The molecule has 0 unspecified atom stereocenters. The second kappa shape index (κ2) is 10.7. The number of nitriles is 1. The molecule has 0 saturated carbocycles. The fraction of sp³-hybridized carbons (Fsp3) is 0.233. The molecule has 1 saturated heterocycles. The van der Waals surface area contributed by atoms with Gasteiger partial charge in [-0.2, -0.15) is 5.26 Å². The summed E-state index contributed by atoms with van der Waals surface area (Å²) < 4.78 is 0. The quantitative estimate of drug-likeness (QED) is 0.296. The van der Waals surface area contributed by atoms with E-state index in [-0.39, 0.29) is 11.8 Å². The van der Waals surface area contributed by atoms with Crippen LogP contribution >= 0.6 is 11.6 Å². The highest BCUT2D eigenvalue weighted by atomic mass is 35.5. The molecule has 0 amide bonds. The molecule has 34 heavy (non-hydrogen) atoms. The first kappa shape index (κ1) is 23.8. The molecule has 3 aromatic carbocycles. The van der Waals surface area contributed by atoms with Crippen LogP contribution in [0.5, 0.6) is 0 Å². The summed E-state index contributed by atoms with van der Waals surface area (Å²) >= 11 is 6.68. The molecule has 0 spiro atoms. The summed E-state index contributed by atoms with van der Waals surface area (Å²) in [6.07, 6.45) is 7.11. The van der Waals surface area contributed by atoms with Gasteiger partial charge in [0.05, 0.1) is 11.6 Å². The summed E-state index contributed by atoms with van der Waals surface area (Å²) in [5, 5.41) is 20.6. The molecule has 0 aliphatic carbocycles. The average molecular weight is 469 g/mol. The number of aryl methyl sites for hydroxylation is 1. The first-order chi connectivity index (χ1) is 16.5. The summed E-state index contributed by atoms with van der Waals surface area (Å²) in [4.78, 5) is 2.29. The Bertz CT molecular complexity index is 1260. The van der Waals surface area contributed by atoms with E-state index in [9.17, 15) is 10.4 Å². The standard InChI is InChI=1S/C30H29ClN2O/c1-21-17-25(29(31)18-26(21)20-33-16-7-6-13-30(33)22(2)34)15-14-24-11-8-12-27(28(24)19-32)23-9-4-3-5-10-23/h3-5,8-12,14-15,17-18,30,34H,2,6-7,13,16,20H2,1H3/b15-14+/t30-/m0/s1. The van der Waals surface area contributed by atoms with Crippen molar-refractivity contribution in [2.75, 3.05) is 6.54 Å². The molecule has 1 N–H and O–H groups in total. The number of piperidine rings is 1. The number of nitrogens with zero attached hydrogens (tertiary/aromatic N) is 2. The van der Waals surface area contributed by atoms with Crippen LogP contribution in [0, 0.1) is 18.3 Å². The molecule has 4 rings (SSSR count). The molecule has 1 heterocycles. The normalized spacial score (nSPS) is 16.4. The molecule has 4 heteroatoms. The van der Waals surface area contributed by atoms with E-state index in [1.165, 1.54) is 0 Å². The number of aliphatic hydroxyl groups excluding tert-OH is 1. The van der Waals surface area contributed by atoms with Crippen LogP contribution in [-0.4, -0.2) is 22.6 Å². The van der Waals surface area contributed by atoms with Crippen molar-refractivity contribution in [3.8, 4) is 17.2 Å². The number of halogens is 1. The maximum atomic E-state index is 10.0. The molecule has 1 aliphatic rings. The second-order valence-corrected chi connectivity index (χ2v) is 9.26. The first-order valence-corrected chi connectivity index (χ1v) is 12.0. The Morgan fingerprint density at radius 1 is 1.12 bits per heavy atom. The van der Waals surface area contributed by atoms with E-state index in [0.717, 1.165) is 65.7 Å². The van der Waals surface area contributed by atoms with Crippen LogP contribution in [0.2, 0.25) is 5.02 Å². The van der Waals surface area contributed by atoms with Crippen molar-refractivity contribution in [1.82, 2.24) is 4.90 Å². The van der Waals surface area contributed by atoms with E-state index in [0.29, 0.717) is 10.6 Å². The molecular formula is C30H29ClN2O. The number of hydrogen-bond acceptors (Lipinski definition) is 3. The minimum Gasteiger partial charge on any atom is -0.511 e. The lowest BCUT2D eigenvalue weighted by molar-refractivity contribution is 0.128. The number of aliphatic hydroxyl groups is 1. The third-order valence-corrected chi connectivity index (χ3v) is 6.89. The lowest BCUT2D eigenvalue weighted by atomic mass is 9.95. The van der Waals surface area contributed by atoms with E-state index in [1.54, 1.807) is 0 Å². The molecule has 0 radical (unpaired) electrons. The highest BCUT2D eigenvalue weighted by Crippen LogP contribution is 2.30. The van der Waals surface area contributed by atoms with Gasteiger partial charge in [-0.15, -0.1) is 0 Å². The maximum Gasteiger partial charge on any atom is 0.102 e. The molecule has 1 atom stereocenters. The van der Waals surface area contributed by atoms with Crippen LogP contribution in [0.15, 0.2) is 73.0 Å². The Morgan fingerprint density at radius 3 is 2.62 bits per heavy atom. The minimum atomic E-state index is 0.00721. The third kappa shape index (κ3) is 5.25. The van der Waals surface area contributed by atoms with Crippen LogP contribution in [0.1, 0.15) is 47.1 Å². The molecular weight excluding hydrogens is 440 g/mol. The van der Waals surface area contributed by atoms with Crippen LogP contribution in [-0.2, 0) is 6.54 Å². The van der Waals surface area contributed by atoms with Crippen molar-refractivity contribution in [1.29, 1.82) is 5.26 Å². The Morgan fingerprint density at radius 2 is 1.88 bits per heavy atom. The van der Waals surface area contributed by atoms with Crippen LogP contribution in [0.4, 0.5) is 0 Å². The van der Waals surface area contributed by atoms with E-state index < -0.39 is 0 Å². The van der Waals surface area contributed by atoms with Gasteiger partial charge < -0.3 is 5.11 Å². The monoisotopic (exact) mass is 468 g/mol. The van der Waals surface area contributed by atoms with E-state index in [2.05, 4.69) is 30.5 Å². The lowest BCUT2D eigenvalue weighted by Crippen LogP contribution is -2.40. The fourth-order valence-corrected chi connectivity index (χ4v) is 4.94. The Hall–Kier alpha value is -3.32. The van der Waals surface area contributed by atoms with Gasteiger partial charge >= 0.3 is 0 Å². The van der Waals surface area contributed by atoms with Gasteiger partial charge in [-0.05, 0) is 60.2 Å². The number of benzene rings is 3. The van der Waals surface area contributed by atoms with Crippen LogP contribution in [0.25, 0.3) is 23.3 Å². The SMILES string of the molecule is C=C(O)[C@@H]1CCCCN1Cc1cc(Cl)c(/C=C/c2cccc(-c3ccccc3)c2C#N)cc1C. The van der Waals surface area contributed by atoms with Gasteiger partial charge in [0.15, 0.2) is 0 Å². The summed E-state index contributed by atoms with van der Waals surface area (Å²) in [7, 11) is 0. The molecule has 3 aromatic rings. The highest BCUT2D eigenvalue weighted by molar-refractivity contribution is 6.32. The zero-order chi connectivity index (χ0) is 24.1. The Kier molecular flexibility index (Phi) is 7.53. The van der Waals surface area contributed by atoms with Crippen molar-refractivity contribution in [2.45, 2.75) is 38.8 Å². The predicted molar refractivity (Wildman–Crippen MR) is 142 cm³/mol. The van der Waals surface area contributed by atoms with Crippen molar-refractivity contribution < 1.29 is 5.11 Å². The first-order valence-electron chi connectivity index (χ1n) is 11.7. The van der Waals surface area contributed by atoms with Crippen LogP contribution < -0.4 is 0 Å². The Balaban J connectivity index is 1.60. The summed E-state index contributed by atoms with van der Waals surface area (Å²) in [6.45, 7) is 7.54. The number of hydrogen-bond donors (Lipinski definition) is 1. The van der Waals surface area contributed by atoms with E-state index in [4.69, 9.17) is 11.6 Å². The molecule has 0 bridgehead atoms. The second-order valence-electron chi connectivity index (χ2n) is 8.85. The lowest BCUT2D eigenvalue weighted by Gasteiger charge is -2.35. The van der Waals surface area contributed by atoms with E-state index >= 15 is 0 Å². The largest absolute Gasteiger partial charge is 0.511 e. The number of likely N-dealkylation sites (tertiary alicyclic amines) is 1. The maximum absolute atomic E-state index is 10.0. The smallest absolute Gasteiger partial charge is 0.102 e. The van der Waals surface area contributed by atoms with E-state index in [1.807, 2.05) is 66.7 Å². The topological polar surface area (TPSA) is 47.3 Å². The fourth-order valence-electron chi connectivity index (χ4n) is 4.69. The predicted octanol–water partition coefficient (Wildman–Crippen LogP) is 7.78. The van der Waals surface area contributed by atoms with Gasteiger partial charge in [-0.25, -0.2) is 0 Å². The van der Waals surface area contributed by atoms with Gasteiger partial charge in [-0.3, -0.25) is 4.90 Å². The number of rotatable bonds is 6. The van der Waals surface area contributed by atoms with Crippen molar-refractivity contribution in [3.05, 3.63) is 106 Å². The summed E-state index contributed by atoms with van der Waals surface area (Å²) in [5.41, 5.74) is 6.67. The van der Waals surface area contributed by atoms with Gasteiger partial charge in [0.25, 0.3) is 0 Å². The third-order valence-electron chi connectivity index (χ3n) is 6.56. The summed E-state index contributed by atoms with van der Waals surface area (Å²) in [5.74, 6) is 0.244. The van der Waals surface area contributed by atoms with Gasteiger partial charge in [0, 0.05) is 17.1 Å². The van der Waals surface area contributed by atoms with Crippen molar-refractivity contribution >= 4 is 23.8 Å². The zero-order valence-electron chi connectivity index (χ0n) is 19.5. The molecule has 1 aliphatic heterocycles. The van der Waals surface area contributed by atoms with Gasteiger partial charge in [0.1, 0.15) is 11.8 Å². The van der Waals surface area contributed by atoms with Crippen molar-refractivity contribution in [2.24, 2.45) is 0 Å². The molecule has 1 fully saturated rings. The van der Waals surface area contributed by atoms with Gasteiger partial charge in [-0.1, -0.05) is 91.4 Å². The summed E-state index contributed by atoms with van der Waals surface area (Å²) in [6, 6.07) is 22.4. The average Bonchev–Trinajstić information content (AvgIpc) is 2.85.